The first-order valence-electron chi connectivity index (χ1n) is 8.43. The van der Waals surface area contributed by atoms with Crippen LogP contribution in [0.4, 0.5) is 10.1 Å². The van der Waals surface area contributed by atoms with Gasteiger partial charge in [-0.25, -0.2) is 14.1 Å². The van der Waals surface area contributed by atoms with Crippen molar-refractivity contribution in [2.45, 2.75) is 26.7 Å². The molecule has 0 fully saturated rings. The Bertz CT molecular complexity index is 1030. The summed E-state index contributed by atoms with van der Waals surface area (Å²) in [5.74, 6) is -0.342. The summed E-state index contributed by atoms with van der Waals surface area (Å²) < 4.78 is 20.9. The zero-order chi connectivity index (χ0) is 19.7. The van der Waals surface area contributed by atoms with Crippen molar-refractivity contribution < 1.29 is 13.9 Å². The lowest BCUT2D eigenvalue weighted by atomic mass is 10.00. The van der Waals surface area contributed by atoms with Gasteiger partial charge in [0.05, 0.1) is 18.2 Å². The Morgan fingerprint density at radius 2 is 2.11 bits per heavy atom. The van der Waals surface area contributed by atoms with E-state index in [4.69, 9.17) is 16.3 Å². The zero-order valence-corrected chi connectivity index (χ0v) is 16.3. The number of rotatable bonds is 5. The molecule has 1 aromatic carbocycles. The van der Waals surface area contributed by atoms with Gasteiger partial charge in [-0.3, -0.25) is 4.79 Å². The first-order chi connectivity index (χ1) is 12.8. The molecule has 27 heavy (non-hydrogen) atoms. The number of halogens is 2. The number of aromatic nitrogens is 3. The Morgan fingerprint density at radius 3 is 2.78 bits per heavy atom. The molecule has 6 nitrogen and oxygen atoms in total. The molecular weight excluding hydrogens is 371 g/mol. The van der Waals surface area contributed by atoms with Gasteiger partial charge in [0.2, 0.25) is 11.8 Å². The molecule has 0 unspecified atom stereocenters. The van der Waals surface area contributed by atoms with Crippen LogP contribution < -0.4 is 10.1 Å². The third-order valence-corrected chi connectivity index (χ3v) is 4.76. The molecule has 142 valence electrons. The topological polar surface area (TPSA) is 69.0 Å². The number of carbonyl (C=O) groups is 1. The van der Waals surface area contributed by atoms with E-state index in [2.05, 4.69) is 15.4 Å². The van der Waals surface area contributed by atoms with Gasteiger partial charge in [0, 0.05) is 24.2 Å². The molecular formula is C19H20ClFN4O2. The minimum absolute atomic E-state index is 0.111. The third kappa shape index (κ3) is 3.73. The summed E-state index contributed by atoms with van der Waals surface area (Å²) in [4.78, 5) is 16.9. The number of fused-ring (bicyclic) bond motifs is 1. The van der Waals surface area contributed by atoms with Crippen molar-refractivity contribution in [2.75, 3.05) is 12.4 Å². The molecule has 2 aromatic heterocycles. The van der Waals surface area contributed by atoms with E-state index in [1.54, 1.807) is 11.8 Å². The van der Waals surface area contributed by atoms with Gasteiger partial charge in [0.25, 0.3) is 0 Å². The fourth-order valence-corrected chi connectivity index (χ4v) is 3.31. The van der Waals surface area contributed by atoms with Crippen LogP contribution in [0.2, 0.25) is 5.02 Å². The SMILES string of the molecule is COc1nn(C)c2nc(C)c(CCC(=O)Nc3ccc(Cl)cc3F)c(C)c12. The fourth-order valence-electron chi connectivity index (χ4n) is 3.15. The predicted molar refractivity (Wildman–Crippen MR) is 103 cm³/mol. The van der Waals surface area contributed by atoms with Crippen molar-refractivity contribution >= 4 is 34.2 Å². The van der Waals surface area contributed by atoms with Crippen LogP contribution in [0.5, 0.6) is 5.88 Å². The second-order valence-corrected chi connectivity index (χ2v) is 6.74. The van der Waals surface area contributed by atoms with Gasteiger partial charge < -0.3 is 10.1 Å². The lowest BCUT2D eigenvalue weighted by Gasteiger charge is -2.12. The number of carbonyl (C=O) groups excluding carboxylic acids is 1. The number of aryl methyl sites for hydroxylation is 3. The Morgan fingerprint density at radius 1 is 1.37 bits per heavy atom. The number of methoxy groups -OCH3 is 1. The minimum Gasteiger partial charge on any atom is -0.479 e. The number of hydrogen-bond acceptors (Lipinski definition) is 4. The maximum absolute atomic E-state index is 13.8. The molecule has 3 aromatic rings. The van der Waals surface area contributed by atoms with Crippen molar-refractivity contribution in [1.82, 2.24) is 14.8 Å². The maximum atomic E-state index is 13.8. The molecule has 0 bridgehead atoms. The monoisotopic (exact) mass is 390 g/mol. The van der Waals surface area contributed by atoms with Crippen LogP contribution in [0.25, 0.3) is 11.0 Å². The Labute approximate surface area is 161 Å². The van der Waals surface area contributed by atoms with Crippen LogP contribution in [-0.2, 0) is 18.3 Å². The molecule has 0 aliphatic rings. The van der Waals surface area contributed by atoms with E-state index < -0.39 is 5.82 Å². The number of benzene rings is 1. The lowest BCUT2D eigenvalue weighted by molar-refractivity contribution is -0.116. The largest absolute Gasteiger partial charge is 0.479 e. The van der Waals surface area contributed by atoms with E-state index in [0.29, 0.717) is 12.3 Å². The highest BCUT2D eigenvalue weighted by atomic mass is 35.5. The summed E-state index contributed by atoms with van der Waals surface area (Å²) >= 11 is 5.73. The Hall–Kier alpha value is -2.67. The molecule has 0 aliphatic heterocycles. The van der Waals surface area contributed by atoms with Crippen LogP contribution in [0.15, 0.2) is 18.2 Å². The maximum Gasteiger partial charge on any atom is 0.242 e. The van der Waals surface area contributed by atoms with Crippen LogP contribution >= 0.6 is 11.6 Å². The molecule has 2 heterocycles. The van der Waals surface area contributed by atoms with Crippen LogP contribution in [0.3, 0.4) is 0 Å². The van der Waals surface area contributed by atoms with Gasteiger partial charge in [-0.15, -0.1) is 5.10 Å². The van der Waals surface area contributed by atoms with Crippen LogP contribution in [0, 0.1) is 19.7 Å². The number of nitrogens with zero attached hydrogens (tertiary/aromatic N) is 3. The normalized spacial score (nSPS) is 11.0. The molecule has 1 amide bonds. The summed E-state index contributed by atoms with van der Waals surface area (Å²) in [6.45, 7) is 3.87. The standard InChI is InChI=1S/C19H20ClFN4O2/c1-10-13(11(2)22-18-17(10)19(27-4)24-25(18)3)6-8-16(26)23-15-7-5-12(20)9-14(15)21/h5,7,9H,6,8H2,1-4H3,(H,23,26). The minimum atomic E-state index is -0.564. The van der Waals surface area contributed by atoms with E-state index in [0.717, 1.165) is 33.9 Å². The lowest BCUT2D eigenvalue weighted by Crippen LogP contribution is -2.14. The molecule has 0 aliphatic carbocycles. The van der Waals surface area contributed by atoms with Gasteiger partial charge in [0.15, 0.2) is 5.65 Å². The van der Waals surface area contributed by atoms with E-state index in [1.807, 2.05) is 20.9 Å². The van der Waals surface area contributed by atoms with E-state index >= 15 is 0 Å². The van der Waals surface area contributed by atoms with Crippen molar-refractivity contribution in [3.63, 3.8) is 0 Å². The molecule has 0 saturated heterocycles. The summed E-state index contributed by atoms with van der Waals surface area (Å²) in [5, 5.41) is 8.01. The number of ether oxygens (including phenoxy) is 1. The molecule has 3 rings (SSSR count). The van der Waals surface area contributed by atoms with E-state index in [1.165, 1.54) is 12.1 Å². The first kappa shape index (κ1) is 19.1. The summed E-state index contributed by atoms with van der Waals surface area (Å²) in [7, 11) is 3.37. The van der Waals surface area contributed by atoms with Gasteiger partial charge >= 0.3 is 0 Å². The second-order valence-electron chi connectivity index (χ2n) is 6.30. The second kappa shape index (κ2) is 7.52. The van der Waals surface area contributed by atoms with Gasteiger partial charge in [-0.2, -0.15) is 0 Å². The van der Waals surface area contributed by atoms with E-state index in [9.17, 15) is 9.18 Å². The predicted octanol–water partition coefficient (Wildman–Crippen LogP) is 3.96. The molecule has 0 atom stereocenters. The molecule has 0 radical (unpaired) electrons. The summed E-state index contributed by atoms with van der Waals surface area (Å²) in [6, 6.07) is 4.14. The Balaban J connectivity index is 1.81. The number of nitrogens with one attached hydrogen (secondary N) is 1. The van der Waals surface area contributed by atoms with Crippen LogP contribution in [0.1, 0.15) is 23.2 Å². The molecule has 0 spiro atoms. The highest BCUT2D eigenvalue weighted by molar-refractivity contribution is 6.30. The van der Waals surface area contributed by atoms with Crippen molar-refractivity contribution in [2.24, 2.45) is 7.05 Å². The fraction of sp³-hybridized carbons (Fsp3) is 0.316. The van der Waals surface area contributed by atoms with Crippen LogP contribution in [-0.4, -0.2) is 27.8 Å². The first-order valence-corrected chi connectivity index (χ1v) is 8.81. The smallest absolute Gasteiger partial charge is 0.242 e. The van der Waals surface area contributed by atoms with Gasteiger partial charge in [0.1, 0.15) is 5.82 Å². The Kier molecular flexibility index (Phi) is 5.32. The van der Waals surface area contributed by atoms with Gasteiger partial charge in [-0.05, 0) is 49.6 Å². The highest BCUT2D eigenvalue weighted by Crippen LogP contribution is 2.30. The highest BCUT2D eigenvalue weighted by Gasteiger charge is 2.18. The van der Waals surface area contributed by atoms with Crippen molar-refractivity contribution in [3.05, 3.63) is 45.9 Å². The third-order valence-electron chi connectivity index (χ3n) is 4.52. The molecule has 0 saturated carbocycles. The van der Waals surface area contributed by atoms with Crippen molar-refractivity contribution in [3.8, 4) is 5.88 Å². The molecule has 1 N–H and O–H groups in total. The number of hydrogen-bond donors (Lipinski definition) is 1. The average molecular weight is 391 g/mol. The summed E-state index contributed by atoms with van der Waals surface area (Å²) in [6.07, 6.45) is 0.666. The summed E-state index contributed by atoms with van der Waals surface area (Å²) in [5.41, 5.74) is 3.61. The van der Waals surface area contributed by atoms with E-state index in [-0.39, 0.29) is 23.0 Å². The van der Waals surface area contributed by atoms with Crippen molar-refractivity contribution in [1.29, 1.82) is 0 Å². The molecule has 8 heteroatoms. The zero-order valence-electron chi connectivity index (χ0n) is 15.6. The number of pyridine rings is 1. The average Bonchev–Trinajstić information content (AvgIpc) is 2.93. The number of anilines is 1. The van der Waals surface area contributed by atoms with Gasteiger partial charge in [-0.1, -0.05) is 11.6 Å². The quantitative estimate of drug-likeness (QED) is 0.716. The number of amides is 1.